The Morgan fingerprint density at radius 1 is 1.40 bits per heavy atom. The molecule has 1 unspecified atom stereocenters. The first kappa shape index (κ1) is 14.6. The lowest BCUT2D eigenvalue weighted by Crippen LogP contribution is -2.21. The number of nitrogens with one attached hydrogen (secondary N) is 1. The van der Waals surface area contributed by atoms with Gasteiger partial charge in [0.1, 0.15) is 5.01 Å². The summed E-state index contributed by atoms with van der Waals surface area (Å²) in [7, 11) is 0. The normalized spacial score (nSPS) is 12.3. The molecule has 1 heterocycles. The summed E-state index contributed by atoms with van der Waals surface area (Å²) < 4.78 is 0. The summed E-state index contributed by atoms with van der Waals surface area (Å²) in [6.07, 6.45) is 2.72. The van der Waals surface area contributed by atoms with Crippen LogP contribution in [0.2, 0.25) is 0 Å². The van der Waals surface area contributed by atoms with E-state index in [-0.39, 0.29) is 16.7 Å². The molecule has 20 heavy (non-hydrogen) atoms. The molecule has 1 aromatic heterocycles. The smallest absolute Gasteiger partial charge is 0.269 e. The Morgan fingerprint density at radius 2 is 2.10 bits per heavy atom. The van der Waals surface area contributed by atoms with E-state index in [4.69, 9.17) is 0 Å². The zero-order valence-electron chi connectivity index (χ0n) is 11.5. The summed E-state index contributed by atoms with van der Waals surface area (Å²) >= 11 is 1.70. The highest BCUT2D eigenvalue weighted by molar-refractivity contribution is 7.11. The molecule has 0 saturated carbocycles. The fourth-order valence-corrected chi connectivity index (χ4v) is 2.68. The molecule has 0 bridgehead atoms. The van der Waals surface area contributed by atoms with Crippen molar-refractivity contribution < 1.29 is 4.92 Å². The first-order valence-corrected chi connectivity index (χ1v) is 7.27. The number of nitrogens with zero attached hydrogens (tertiary/aromatic N) is 2. The van der Waals surface area contributed by atoms with E-state index < -0.39 is 0 Å². The fraction of sp³-hybridized carbons (Fsp3) is 0.357. The average molecular weight is 291 g/mol. The van der Waals surface area contributed by atoms with Gasteiger partial charge in [0.15, 0.2) is 0 Å². The maximum Gasteiger partial charge on any atom is 0.269 e. The van der Waals surface area contributed by atoms with Crippen molar-refractivity contribution in [1.29, 1.82) is 0 Å². The van der Waals surface area contributed by atoms with Crippen LogP contribution in [0, 0.1) is 17.0 Å². The monoisotopic (exact) mass is 291 g/mol. The number of aryl methyl sites for hydroxylation is 1. The molecule has 5 nitrogen and oxygen atoms in total. The van der Waals surface area contributed by atoms with Crippen LogP contribution in [0.4, 0.5) is 5.69 Å². The molecule has 1 atom stereocenters. The Hall–Kier alpha value is -1.79. The van der Waals surface area contributed by atoms with Crippen molar-refractivity contribution in [3.05, 3.63) is 56.0 Å². The molecule has 106 valence electrons. The topological polar surface area (TPSA) is 68.1 Å². The summed E-state index contributed by atoms with van der Waals surface area (Å²) in [6, 6.07) is 6.92. The fourth-order valence-electron chi connectivity index (χ4n) is 1.88. The maximum atomic E-state index is 10.6. The molecule has 0 radical (unpaired) electrons. The Labute approximate surface area is 121 Å². The van der Waals surface area contributed by atoms with Gasteiger partial charge in [0, 0.05) is 23.2 Å². The predicted octanol–water partition coefficient (Wildman–Crippen LogP) is 3.25. The second kappa shape index (κ2) is 6.58. The van der Waals surface area contributed by atoms with Gasteiger partial charge >= 0.3 is 0 Å². The quantitative estimate of drug-likeness (QED) is 0.655. The first-order valence-electron chi connectivity index (χ1n) is 6.45. The van der Waals surface area contributed by atoms with Crippen molar-refractivity contribution in [2.75, 3.05) is 6.54 Å². The van der Waals surface area contributed by atoms with Crippen molar-refractivity contribution in [2.24, 2.45) is 0 Å². The minimum atomic E-state index is -0.380. The van der Waals surface area contributed by atoms with Crippen molar-refractivity contribution in [2.45, 2.75) is 26.3 Å². The number of nitro groups is 1. The molecule has 1 aromatic carbocycles. The highest BCUT2D eigenvalue weighted by Gasteiger charge is 2.08. The lowest BCUT2D eigenvalue weighted by molar-refractivity contribution is -0.384. The van der Waals surface area contributed by atoms with Crippen LogP contribution in [0.5, 0.6) is 0 Å². The van der Waals surface area contributed by atoms with E-state index in [0.717, 1.165) is 23.5 Å². The van der Waals surface area contributed by atoms with Gasteiger partial charge in [0.05, 0.1) is 11.0 Å². The van der Waals surface area contributed by atoms with Crippen LogP contribution in [0.25, 0.3) is 0 Å². The third-order valence-electron chi connectivity index (χ3n) is 3.02. The van der Waals surface area contributed by atoms with Crippen LogP contribution in [0.1, 0.15) is 28.4 Å². The van der Waals surface area contributed by atoms with Gasteiger partial charge in [-0.25, -0.2) is 4.98 Å². The predicted molar refractivity (Wildman–Crippen MR) is 80.1 cm³/mol. The van der Waals surface area contributed by atoms with Gasteiger partial charge in [-0.3, -0.25) is 10.1 Å². The minimum Gasteiger partial charge on any atom is -0.308 e. The molecule has 6 heteroatoms. The number of aromatic nitrogens is 1. The summed E-state index contributed by atoms with van der Waals surface area (Å²) in [5.74, 6) is 0. The lowest BCUT2D eigenvalue weighted by atomic mass is 10.1. The van der Waals surface area contributed by atoms with E-state index in [1.54, 1.807) is 35.6 Å². The van der Waals surface area contributed by atoms with Gasteiger partial charge < -0.3 is 5.32 Å². The molecule has 0 amide bonds. The van der Waals surface area contributed by atoms with Gasteiger partial charge in [-0.2, -0.15) is 0 Å². The zero-order valence-corrected chi connectivity index (χ0v) is 12.3. The second-order valence-corrected chi connectivity index (χ2v) is 5.92. The number of hydrogen-bond acceptors (Lipinski definition) is 5. The Morgan fingerprint density at radius 3 is 2.65 bits per heavy atom. The number of rotatable bonds is 6. The molecule has 0 fully saturated rings. The number of hydrogen-bond donors (Lipinski definition) is 1. The van der Waals surface area contributed by atoms with Gasteiger partial charge in [0.2, 0.25) is 0 Å². The van der Waals surface area contributed by atoms with Crippen LogP contribution >= 0.6 is 11.3 Å². The molecule has 0 aliphatic heterocycles. The SMILES string of the molecule is Cc1cnc(C(C)NCCc2ccc([N+](=O)[O-])cc2)s1. The van der Waals surface area contributed by atoms with Gasteiger partial charge in [0.25, 0.3) is 5.69 Å². The third-order valence-corrected chi connectivity index (χ3v) is 4.12. The summed E-state index contributed by atoms with van der Waals surface area (Å²) in [4.78, 5) is 15.7. The Balaban J connectivity index is 1.82. The van der Waals surface area contributed by atoms with Crippen LogP contribution in [-0.4, -0.2) is 16.5 Å². The number of benzene rings is 1. The molecule has 0 aliphatic rings. The Kier molecular flexibility index (Phi) is 4.81. The largest absolute Gasteiger partial charge is 0.308 e. The zero-order chi connectivity index (χ0) is 14.5. The van der Waals surface area contributed by atoms with Gasteiger partial charge in [-0.05, 0) is 32.4 Å². The van der Waals surface area contributed by atoms with Crippen LogP contribution < -0.4 is 5.32 Å². The molecule has 0 spiro atoms. The molecular weight excluding hydrogens is 274 g/mol. The van der Waals surface area contributed by atoms with E-state index in [9.17, 15) is 10.1 Å². The van der Waals surface area contributed by atoms with Crippen LogP contribution in [0.15, 0.2) is 30.5 Å². The molecule has 0 saturated heterocycles. The van der Waals surface area contributed by atoms with Gasteiger partial charge in [-0.15, -0.1) is 11.3 Å². The summed E-state index contributed by atoms with van der Waals surface area (Å²) in [5.41, 5.74) is 1.22. The number of non-ortho nitro benzene ring substituents is 1. The van der Waals surface area contributed by atoms with E-state index in [2.05, 4.69) is 17.2 Å². The second-order valence-electron chi connectivity index (χ2n) is 4.66. The van der Waals surface area contributed by atoms with Crippen LogP contribution in [-0.2, 0) is 6.42 Å². The van der Waals surface area contributed by atoms with Crippen molar-refractivity contribution in [3.8, 4) is 0 Å². The first-order chi connectivity index (χ1) is 9.56. The molecule has 2 rings (SSSR count). The maximum absolute atomic E-state index is 10.6. The van der Waals surface area contributed by atoms with E-state index >= 15 is 0 Å². The number of thiazole rings is 1. The summed E-state index contributed by atoms with van der Waals surface area (Å²) in [5, 5.41) is 15.1. The third kappa shape index (κ3) is 3.85. The molecule has 1 N–H and O–H groups in total. The minimum absolute atomic E-state index is 0.133. The highest BCUT2D eigenvalue weighted by Crippen LogP contribution is 2.19. The average Bonchev–Trinajstić information content (AvgIpc) is 2.86. The van der Waals surface area contributed by atoms with Crippen LogP contribution in [0.3, 0.4) is 0 Å². The van der Waals surface area contributed by atoms with E-state index in [1.807, 2.05) is 13.1 Å². The summed E-state index contributed by atoms with van der Waals surface area (Å²) in [6.45, 7) is 4.95. The van der Waals surface area contributed by atoms with Crippen molar-refractivity contribution >= 4 is 17.0 Å². The van der Waals surface area contributed by atoms with Gasteiger partial charge in [-0.1, -0.05) is 12.1 Å². The molecule has 2 aromatic rings. The van der Waals surface area contributed by atoms with E-state index in [1.165, 1.54) is 4.88 Å². The standard InChI is InChI=1S/C14H17N3O2S/c1-10-9-16-14(20-10)11(2)15-8-7-12-3-5-13(6-4-12)17(18)19/h3-6,9,11,15H,7-8H2,1-2H3. The van der Waals surface area contributed by atoms with Crippen molar-refractivity contribution in [3.63, 3.8) is 0 Å². The van der Waals surface area contributed by atoms with Crippen molar-refractivity contribution in [1.82, 2.24) is 10.3 Å². The lowest BCUT2D eigenvalue weighted by Gasteiger charge is -2.10. The highest BCUT2D eigenvalue weighted by atomic mass is 32.1. The number of nitro benzene ring substituents is 1. The van der Waals surface area contributed by atoms with E-state index in [0.29, 0.717) is 0 Å². The molecular formula is C14H17N3O2S. The Bertz CT molecular complexity index is 580. The molecule has 0 aliphatic carbocycles.